The first kappa shape index (κ1) is 6.75. The molecular weight excluding hydrogens is 130 g/mol. The van der Waals surface area contributed by atoms with Crippen LogP contribution in [-0.2, 0) is 0 Å². The molecule has 0 unspecified atom stereocenters. The van der Waals surface area contributed by atoms with Gasteiger partial charge < -0.3 is 0 Å². The average Bonchev–Trinajstić information content (AvgIpc) is 1.30. The standard InChI is InChI=1S/C2HClF3N/c3-1-7-2(4,5)6/h1H. The molecule has 0 fully saturated rings. The number of nitrogens with zero attached hydrogens (tertiary/aromatic N) is 1. The maximum absolute atomic E-state index is 10.8. The van der Waals surface area contributed by atoms with Crippen molar-refractivity contribution in [2.45, 2.75) is 6.30 Å². The first-order chi connectivity index (χ1) is 3.06. The van der Waals surface area contributed by atoms with E-state index in [9.17, 15) is 13.2 Å². The van der Waals surface area contributed by atoms with E-state index in [1.54, 1.807) is 0 Å². The summed E-state index contributed by atoms with van der Waals surface area (Å²) in [4.78, 5) is 1.90. The molecule has 7 heavy (non-hydrogen) atoms. The molecule has 1 nitrogen and oxygen atoms in total. The third kappa shape index (κ3) is 5.75. The lowest BCUT2D eigenvalue weighted by Crippen LogP contribution is -2.00. The number of halogens is 4. The van der Waals surface area contributed by atoms with E-state index in [0.29, 0.717) is 0 Å². The van der Waals surface area contributed by atoms with E-state index >= 15 is 0 Å². The monoisotopic (exact) mass is 131 g/mol. The molecule has 0 spiro atoms. The topological polar surface area (TPSA) is 12.4 Å². The van der Waals surface area contributed by atoms with Crippen LogP contribution in [0.2, 0.25) is 0 Å². The van der Waals surface area contributed by atoms with Crippen LogP contribution in [-0.4, -0.2) is 12.0 Å². The van der Waals surface area contributed by atoms with Crippen molar-refractivity contribution in [2.24, 2.45) is 4.99 Å². The zero-order chi connectivity index (χ0) is 5.91. The number of rotatable bonds is 0. The molecule has 0 aromatic rings. The van der Waals surface area contributed by atoms with Crippen LogP contribution < -0.4 is 0 Å². The highest BCUT2D eigenvalue weighted by Gasteiger charge is 2.24. The third-order valence-electron chi connectivity index (χ3n) is 0.195. The molecule has 0 aliphatic carbocycles. The Hall–Kier alpha value is -0.250. The summed E-state index contributed by atoms with van der Waals surface area (Å²) in [6.07, 6.45) is -4.51. The Balaban J connectivity index is 3.56. The van der Waals surface area contributed by atoms with Gasteiger partial charge in [-0.1, -0.05) is 11.6 Å². The molecule has 0 aliphatic heterocycles. The predicted octanol–water partition coefficient (Wildman–Crippen LogP) is 1.77. The zero-order valence-corrected chi connectivity index (χ0v) is 3.79. The second-order valence-corrected chi connectivity index (χ2v) is 0.890. The number of hydrogen-bond donors (Lipinski definition) is 0. The molecule has 0 aromatic heterocycles. The minimum Gasteiger partial charge on any atom is -0.180 e. The van der Waals surface area contributed by atoms with E-state index in [-0.39, 0.29) is 5.67 Å². The summed E-state index contributed by atoms with van der Waals surface area (Å²) in [5, 5.41) is 0. The summed E-state index contributed by atoms with van der Waals surface area (Å²) in [6.45, 7) is 0. The smallest absolute Gasteiger partial charge is 0.180 e. The van der Waals surface area contributed by atoms with Crippen LogP contribution in [0.25, 0.3) is 0 Å². The van der Waals surface area contributed by atoms with E-state index in [4.69, 9.17) is 0 Å². The molecule has 0 aliphatic rings. The summed E-state index contributed by atoms with van der Waals surface area (Å²) in [7, 11) is 0. The van der Waals surface area contributed by atoms with E-state index < -0.39 is 6.30 Å². The van der Waals surface area contributed by atoms with Gasteiger partial charge in [0.2, 0.25) is 0 Å². The lowest BCUT2D eigenvalue weighted by molar-refractivity contribution is -0.118. The fourth-order valence-corrected chi connectivity index (χ4v) is 0.166. The van der Waals surface area contributed by atoms with Crippen LogP contribution in [0.3, 0.4) is 0 Å². The van der Waals surface area contributed by atoms with Gasteiger partial charge in [-0.25, -0.2) is 0 Å². The SMILES string of the molecule is FC(F)(F)N=CCl. The van der Waals surface area contributed by atoms with Gasteiger partial charge in [-0.15, -0.1) is 13.2 Å². The van der Waals surface area contributed by atoms with Crippen LogP contribution in [0.15, 0.2) is 4.99 Å². The minimum absolute atomic E-state index is 0.181. The number of aliphatic imine (C=N–C) groups is 1. The van der Waals surface area contributed by atoms with Gasteiger partial charge in [0, 0.05) is 0 Å². The molecule has 0 saturated heterocycles. The van der Waals surface area contributed by atoms with Gasteiger partial charge in [-0.3, -0.25) is 0 Å². The Morgan fingerprint density at radius 2 is 1.86 bits per heavy atom. The van der Waals surface area contributed by atoms with Crippen LogP contribution >= 0.6 is 11.6 Å². The Morgan fingerprint density at radius 1 is 1.43 bits per heavy atom. The van der Waals surface area contributed by atoms with Crippen molar-refractivity contribution in [1.29, 1.82) is 0 Å². The summed E-state index contributed by atoms with van der Waals surface area (Å²) in [5.41, 5.74) is 0.181. The Morgan fingerprint density at radius 3 is 1.86 bits per heavy atom. The van der Waals surface area contributed by atoms with Crippen molar-refractivity contribution >= 4 is 17.3 Å². The second-order valence-electron chi connectivity index (χ2n) is 0.695. The first-order valence-corrected chi connectivity index (χ1v) is 1.70. The molecule has 5 heteroatoms. The predicted molar refractivity (Wildman–Crippen MR) is 20.4 cm³/mol. The van der Waals surface area contributed by atoms with Crippen molar-refractivity contribution in [2.75, 3.05) is 0 Å². The van der Waals surface area contributed by atoms with E-state index in [2.05, 4.69) is 11.6 Å². The molecule has 0 radical (unpaired) electrons. The van der Waals surface area contributed by atoms with Crippen molar-refractivity contribution < 1.29 is 13.2 Å². The second kappa shape index (κ2) is 2.16. The minimum atomic E-state index is -4.51. The summed E-state index contributed by atoms with van der Waals surface area (Å²) >= 11 is 4.47. The molecule has 0 atom stereocenters. The van der Waals surface area contributed by atoms with Gasteiger partial charge in [0.1, 0.15) is 0 Å². The fourth-order valence-electron chi connectivity index (χ4n) is 0.0553. The van der Waals surface area contributed by atoms with Gasteiger partial charge in [-0.05, 0) is 0 Å². The van der Waals surface area contributed by atoms with Gasteiger partial charge in [-0.2, -0.15) is 4.99 Å². The molecule has 0 aromatic carbocycles. The molecule has 0 saturated carbocycles. The molecule has 42 valence electrons. The molecule has 0 heterocycles. The number of hydrogen-bond acceptors (Lipinski definition) is 1. The Kier molecular flexibility index (Phi) is 2.08. The van der Waals surface area contributed by atoms with Gasteiger partial charge in [0.15, 0.2) is 0 Å². The largest absolute Gasteiger partial charge is 0.503 e. The third-order valence-corrected chi connectivity index (χ3v) is 0.293. The molecule has 0 rings (SSSR count). The van der Waals surface area contributed by atoms with Crippen LogP contribution in [0, 0.1) is 0 Å². The van der Waals surface area contributed by atoms with Crippen LogP contribution in [0.5, 0.6) is 0 Å². The highest BCUT2D eigenvalue weighted by molar-refractivity contribution is 6.56. The van der Waals surface area contributed by atoms with Crippen LogP contribution in [0.4, 0.5) is 13.2 Å². The van der Waals surface area contributed by atoms with Gasteiger partial charge in [0.05, 0.1) is 5.67 Å². The van der Waals surface area contributed by atoms with Crippen molar-refractivity contribution in [3.8, 4) is 0 Å². The van der Waals surface area contributed by atoms with Crippen molar-refractivity contribution in [3.63, 3.8) is 0 Å². The fraction of sp³-hybridized carbons (Fsp3) is 0.500. The normalized spacial score (nSPS) is 13.1. The highest BCUT2D eigenvalue weighted by atomic mass is 35.5. The zero-order valence-electron chi connectivity index (χ0n) is 3.04. The quantitative estimate of drug-likeness (QED) is 0.351. The average molecular weight is 131 g/mol. The maximum Gasteiger partial charge on any atom is 0.503 e. The Labute approximate surface area is 42.8 Å². The number of alkyl halides is 3. The van der Waals surface area contributed by atoms with E-state index in [1.807, 2.05) is 4.99 Å². The Bertz CT molecular complexity index is 75.5. The first-order valence-electron chi connectivity index (χ1n) is 1.27. The van der Waals surface area contributed by atoms with E-state index in [1.165, 1.54) is 0 Å². The summed E-state index contributed by atoms with van der Waals surface area (Å²) < 4.78 is 32.3. The summed E-state index contributed by atoms with van der Waals surface area (Å²) in [6, 6.07) is 0. The molecule has 0 amide bonds. The van der Waals surface area contributed by atoms with Crippen molar-refractivity contribution in [1.82, 2.24) is 0 Å². The molecule has 0 N–H and O–H groups in total. The molecule has 0 bridgehead atoms. The maximum atomic E-state index is 10.8. The summed E-state index contributed by atoms with van der Waals surface area (Å²) in [5.74, 6) is 0. The highest BCUT2D eigenvalue weighted by Crippen LogP contribution is 2.14. The lowest BCUT2D eigenvalue weighted by atomic mass is 11.2. The van der Waals surface area contributed by atoms with Gasteiger partial charge in [0.25, 0.3) is 0 Å². The van der Waals surface area contributed by atoms with Crippen LogP contribution in [0.1, 0.15) is 0 Å². The van der Waals surface area contributed by atoms with Gasteiger partial charge >= 0.3 is 6.30 Å². The van der Waals surface area contributed by atoms with Crippen molar-refractivity contribution in [3.05, 3.63) is 0 Å². The molecular formula is C2HClF3N. The lowest BCUT2D eigenvalue weighted by Gasteiger charge is -1.91. The van der Waals surface area contributed by atoms with E-state index in [0.717, 1.165) is 0 Å².